The molecule has 2 aromatic heterocycles. The lowest BCUT2D eigenvalue weighted by molar-refractivity contribution is 0.383. The van der Waals surface area contributed by atoms with Crippen molar-refractivity contribution >= 4 is 60.0 Å². The van der Waals surface area contributed by atoms with Crippen LogP contribution in [-0.4, -0.2) is 48.9 Å². The average Bonchev–Trinajstić information content (AvgIpc) is 3.09. The Kier molecular flexibility index (Phi) is 4.59. The molecule has 2 N–H and O–H groups in total. The van der Waals surface area contributed by atoms with Gasteiger partial charge in [-0.15, -0.1) is 11.3 Å². The zero-order chi connectivity index (χ0) is 18.3. The Labute approximate surface area is 163 Å². The summed E-state index contributed by atoms with van der Waals surface area (Å²) in [5, 5.41) is 0.820. The Morgan fingerprint density at radius 2 is 1.77 bits per heavy atom. The number of hydrogen-bond acceptors (Lipinski definition) is 7. The van der Waals surface area contributed by atoms with Crippen molar-refractivity contribution in [1.82, 2.24) is 14.3 Å². The van der Waals surface area contributed by atoms with Gasteiger partial charge in [0, 0.05) is 31.6 Å². The first-order chi connectivity index (χ1) is 12.4. The summed E-state index contributed by atoms with van der Waals surface area (Å²) >= 11 is 4.54. The van der Waals surface area contributed by atoms with Gasteiger partial charge in [0.15, 0.2) is 0 Å². The first kappa shape index (κ1) is 17.7. The van der Waals surface area contributed by atoms with E-state index in [2.05, 4.69) is 25.9 Å². The van der Waals surface area contributed by atoms with Gasteiger partial charge in [0.05, 0.1) is 9.30 Å². The van der Waals surface area contributed by atoms with Crippen molar-refractivity contribution in [2.45, 2.75) is 4.21 Å². The molecule has 7 nitrogen and oxygen atoms in total. The number of thiophene rings is 1. The average molecular weight is 454 g/mol. The van der Waals surface area contributed by atoms with Crippen molar-refractivity contribution in [1.29, 1.82) is 0 Å². The monoisotopic (exact) mass is 453 g/mol. The van der Waals surface area contributed by atoms with Crippen LogP contribution in [0.3, 0.4) is 0 Å². The fourth-order valence-corrected chi connectivity index (χ4v) is 6.51. The quantitative estimate of drug-likeness (QED) is 0.654. The molecule has 0 bridgehead atoms. The molecule has 1 aliphatic heterocycles. The number of fused-ring (bicyclic) bond motifs is 1. The number of hydrogen-bond donors (Lipinski definition) is 1. The Hall–Kier alpha value is -1.75. The van der Waals surface area contributed by atoms with E-state index in [9.17, 15) is 8.42 Å². The van der Waals surface area contributed by atoms with Crippen LogP contribution in [0.5, 0.6) is 0 Å². The summed E-state index contributed by atoms with van der Waals surface area (Å²) in [5.74, 6) is 0.973. The number of benzene rings is 1. The van der Waals surface area contributed by atoms with Gasteiger partial charge in [-0.2, -0.15) is 9.29 Å². The van der Waals surface area contributed by atoms with Gasteiger partial charge in [0.1, 0.15) is 10.0 Å². The van der Waals surface area contributed by atoms with Crippen LogP contribution in [-0.2, 0) is 10.0 Å². The molecule has 0 spiro atoms. The third kappa shape index (κ3) is 3.18. The number of nitrogens with zero attached hydrogens (tertiary/aromatic N) is 4. The molecule has 0 aliphatic carbocycles. The highest BCUT2D eigenvalue weighted by molar-refractivity contribution is 9.11. The number of aromatic nitrogens is 2. The highest BCUT2D eigenvalue weighted by atomic mass is 79.9. The molecular weight excluding hydrogens is 438 g/mol. The van der Waals surface area contributed by atoms with Crippen LogP contribution >= 0.6 is 27.3 Å². The van der Waals surface area contributed by atoms with Crippen molar-refractivity contribution in [2.24, 2.45) is 0 Å². The second-order valence-electron chi connectivity index (χ2n) is 5.88. The second kappa shape index (κ2) is 6.76. The van der Waals surface area contributed by atoms with Crippen LogP contribution in [0.4, 0.5) is 11.8 Å². The molecule has 0 saturated carbocycles. The van der Waals surface area contributed by atoms with Crippen LogP contribution in [0.15, 0.2) is 44.4 Å². The summed E-state index contributed by atoms with van der Waals surface area (Å²) < 4.78 is 28.1. The van der Waals surface area contributed by atoms with Crippen molar-refractivity contribution in [2.75, 3.05) is 36.8 Å². The Balaban J connectivity index is 1.54. The second-order valence-corrected chi connectivity index (χ2v) is 10.5. The molecule has 0 atom stereocenters. The maximum Gasteiger partial charge on any atom is 0.252 e. The molecule has 3 aromatic rings. The van der Waals surface area contributed by atoms with Gasteiger partial charge in [-0.1, -0.05) is 12.1 Å². The minimum absolute atomic E-state index is 0.351. The highest BCUT2D eigenvalue weighted by Gasteiger charge is 2.30. The third-order valence-corrected chi connectivity index (χ3v) is 8.27. The number of nitrogens with two attached hydrogens (primary N) is 1. The fraction of sp³-hybridized carbons (Fsp3) is 0.250. The largest absolute Gasteiger partial charge is 0.383 e. The molecular formula is C16H16BrN5O2S2. The van der Waals surface area contributed by atoms with Crippen LogP contribution in [0, 0.1) is 0 Å². The van der Waals surface area contributed by atoms with Gasteiger partial charge in [-0.3, -0.25) is 0 Å². The lowest BCUT2D eigenvalue weighted by Gasteiger charge is -2.33. The van der Waals surface area contributed by atoms with E-state index in [1.54, 1.807) is 12.1 Å². The summed E-state index contributed by atoms with van der Waals surface area (Å²) in [6.07, 6.45) is 0. The van der Waals surface area contributed by atoms with Gasteiger partial charge in [-0.25, -0.2) is 13.4 Å². The molecule has 4 rings (SSSR count). The van der Waals surface area contributed by atoms with Gasteiger partial charge in [-0.05, 0) is 40.2 Å². The first-order valence-electron chi connectivity index (χ1n) is 7.98. The standard InChI is InChI=1S/C16H16BrN5O2S2/c17-13-5-6-14(25-13)26(23,24)22-9-7-21(8-10-22)16-19-12-4-2-1-3-11(12)15(18)20-16/h1-6H,7-10H2,(H2,18,19,20). The lowest BCUT2D eigenvalue weighted by Crippen LogP contribution is -2.49. The molecule has 136 valence electrons. The number of nitrogen functional groups attached to an aromatic ring is 1. The van der Waals surface area contributed by atoms with Crippen LogP contribution < -0.4 is 10.6 Å². The number of anilines is 2. The van der Waals surface area contributed by atoms with Crippen molar-refractivity contribution in [3.63, 3.8) is 0 Å². The van der Waals surface area contributed by atoms with E-state index in [1.807, 2.05) is 29.2 Å². The van der Waals surface area contributed by atoms with E-state index >= 15 is 0 Å². The van der Waals surface area contributed by atoms with Crippen molar-refractivity contribution in [3.05, 3.63) is 40.2 Å². The predicted molar refractivity (Wildman–Crippen MR) is 107 cm³/mol. The van der Waals surface area contributed by atoms with Crippen LogP contribution in [0.1, 0.15) is 0 Å². The molecule has 1 aromatic carbocycles. The molecule has 26 heavy (non-hydrogen) atoms. The molecule has 1 fully saturated rings. The summed E-state index contributed by atoms with van der Waals surface area (Å²) in [7, 11) is -3.46. The number of sulfonamides is 1. The topological polar surface area (TPSA) is 92.4 Å². The first-order valence-corrected chi connectivity index (χ1v) is 11.0. The maximum atomic E-state index is 12.7. The summed E-state index contributed by atoms with van der Waals surface area (Å²) in [5.41, 5.74) is 6.84. The minimum Gasteiger partial charge on any atom is -0.383 e. The molecule has 1 aliphatic rings. The number of para-hydroxylation sites is 1. The molecule has 0 radical (unpaired) electrons. The molecule has 0 unspecified atom stereocenters. The lowest BCUT2D eigenvalue weighted by atomic mass is 10.2. The summed E-state index contributed by atoms with van der Waals surface area (Å²) in [6, 6.07) is 11.0. The Bertz CT molecular complexity index is 1060. The van der Waals surface area contributed by atoms with E-state index in [1.165, 1.54) is 15.6 Å². The number of halogens is 1. The van der Waals surface area contributed by atoms with E-state index in [0.29, 0.717) is 42.2 Å². The molecule has 0 amide bonds. The Morgan fingerprint density at radius 3 is 2.46 bits per heavy atom. The Morgan fingerprint density at radius 1 is 1.04 bits per heavy atom. The summed E-state index contributed by atoms with van der Waals surface area (Å²) in [6.45, 7) is 1.80. The maximum absolute atomic E-state index is 12.7. The third-order valence-electron chi connectivity index (χ3n) is 4.29. The van der Waals surface area contributed by atoms with E-state index in [4.69, 9.17) is 5.73 Å². The molecule has 1 saturated heterocycles. The van der Waals surface area contributed by atoms with Crippen LogP contribution in [0.25, 0.3) is 10.9 Å². The SMILES string of the molecule is Nc1nc(N2CCN(S(=O)(=O)c3ccc(Br)s3)CC2)nc2ccccc12. The van der Waals surface area contributed by atoms with Crippen LogP contribution in [0.2, 0.25) is 0 Å². The zero-order valence-electron chi connectivity index (χ0n) is 13.7. The number of rotatable bonds is 3. The normalized spacial score (nSPS) is 16.3. The summed E-state index contributed by atoms with van der Waals surface area (Å²) in [4.78, 5) is 10.9. The van der Waals surface area contributed by atoms with Gasteiger partial charge >= 0.3 is 0 Å². The zero-order valence-corrected chi connectivity index (χ0v) is 16.9. The number of piperazine rings is 1. The smallest absolute Gasteiger partial charge is 0.252 e. The highest BCUT2D eigenvalue weighted by Crippen LogP contribution is 2.29. The molecule has 10 heteroatoms. The van der Waals surface area contributed by atoms with Gasteiger partial charge in [0.2, 0.25) is 5.95 Å². The van der Waals surface area contributed by atoms with Gasteiger partial charge < -0.3 is 10.6 Å². The van der Waals surface area contributed by atoms with Gasteiger partial charge in [0.25, 0.3) is 10.0 Å². The predicted octanol–water partition coefficient (Wildman–Crippen LogP) is 2.55. The van der Waals surface area contributed by atoms with Crippen molar-refractivity contribution in [3.8, 4) is 0 Å². The van der Waals surface area contributed by atoms with E-state index in [-0.39, 0.29) is 0 Å². The molecule has 3 heterocycles. The van der Waals surface area contributed by atoms with Crippen molar-refractivity contribution < 1.29 is 8.42 Å². The van der Waals surface area contributed by atoms with E-state index < -0.39 is 10.0 Å². The minimum atomic E-state index is -3.46. The fourth-order valence-electron chi connectivity index (χ4n) is 2.92. The van der Waals surface area contributed by atoms with E-state index in [0.717, 1.165) is 14.7 Å².